The van der Waals surface area contributed by atoms with Crippen LogP contribution in [0.4, 0.5) is 0 Å². The molecule has 5 nitrogen and oxygen atoms in total. The maximum absolute atomic E-state index is 12.2. The van der Waals surface area contributed by atoms with Crippen LogP contribution in [0.3, 0.4) is 0 Å². The van der Waals surface area contributed by atoms with Crippen molar-refractivity contribution in [2.75, 3.05) is 27.2 Å². The lowest BCUT2D eigenvalue weighted by Gasteiger charge is -2.27. The first kappa shape index (κ1) is 18.9. The zero-order chi connectivity index (χ0) is 15.9. The van der Waals surface area contributed by atoms with Crippen LogP contribution in [0.1, 0.15) is 41.0 Å². The minimum Gasteiger partial charge on any atom is -0.353 e. The first-order valence-electron chi connectivity index (χ1n) is 7.33. The molecule has 0 aliphatic heterocycles. The van der Waals surface area contributed by atoms with Gasteiger partial charge in [0.2, 0.25) is 11.8 Å². The fraction of sp³-hybridized carbons (Fsp3) is 0.867. The molecule has 2 amide bonds. The summed E-state index contributed by atoms with van der Waals surface area (Å²) in [7, 11) is 3.92. The van der Waals surface area contributed by atoms with Crippen molar-refractivity contribution in [1.29, 1.82) is 0 Å². The second-order valence-corrected chi connectivity index (χ2v) is 6.68. The van der Waals surface area contributed by atoms with E-state index in [-0.39, 0.29) is 17.7 Å². The molecule has 0 rings (SSSR count). The third kappa shape index (κ3) is 6.89. The van der Waals surface area contributed by atoms with Gasteiger partial charge in [0, 0.05) is 18.5 Å². The normalized spacial score (nSPS) is 14.8. The topological polar surface area (TPSA) is 61.4 Å². The summed E-state index contributed by atoms with van der Waals surface area (Å²) in [6.45, 7) is 10.9. The molecule has 0 radical (unpaired) electrons. The van der Waals surface area contributed by atoms with Gasteiger partial charge in [0.15, 0.2) is 0 Å². The van der Waals surface area contributed by atoms with Gasteiger partial charge in [-0.15, -0.1) is 0 Å². The van der Waals surface area contributed by atoms with Gasteiger partial charge in [-0.25, -0.2) is 0 Å². The predicted molar refractivity (Wildman–Crippen MR) is 82.4 cm³/mol. The number of hydrogen-bond donors (Lipinski definition) is 2. The zero-order valence-electron chi connectivity index (χ0n) is 14.0. The highest BCUT2D eigenvalue weighted by Crippen LogP contribution is 2.15. The van der Waals surface area contributed by atoms with Crippen LogP contribution in [-0.2, 0) is 9.59 Å². The van der Waals surface area contributed by atoms with Crippen LogP contribution in [0.25, 0.3) is 0 Å². The van der Waals surface area contributed by atoms with Crippen molar-refractivity contribution < 1.29 is 9.59 Å². The molecule has 0 spiro atoms. The molecule has 118 valence electrons. The molecular formula is C15H31N3O2. The van der Waals surface area contributed by atoms with Crippen molar-refractivity contribution in [1.82, 2.24) is 15.5 Å². The lowest BCUT2D eigenvalue weighted by Crippen LogP contribution is -2.53. The second kappa shape index (κ2) is 8.25. The minimum absolute atomic E-state index is 0.0921. The number of hydrogen-bond acceptors (Lipinski definition) is 3. The molecule has 0 saturated carbocycles. The average Bonchev–Trinajstić information content (AvgIpc) is 2.32. The SMILES string of the molecule is CCC(C)C(NC(=O)C(C)(C)C)C(=O)NCCN(C)C. The van der Waals surface area contributed by atoms with Crippen molar-refractivity contribution >= 4 is 11.8 Å². The summed E-state index contributed by atoms with van der Waals surface area (Å²) in [5, 5.41) is 5.77. The molecular weight excluding hydrogens is 254 g/mol. The Balaban J connectivity index is 4.64. The molecule has 0 aromatic carbocycles. The van der Waals surface area contributed by atoms with Gasteiger partial charge in [-0.2, -0.15) is 0 Å². The molecule has 2 unspecified atom stereocenters. The van der Waals surface area contributed by atoms with E-state index in [9.17, 15) is 9.59 Å². The van der Waals surface area contributed by atoms with Gasteiger partial charge in [0.25, 0.3) is 0 Å². The van der Waals surface area contributed by atoms with Crippen molar-refractivity contribution in [3.05, 3.63) is 0 Å². The highest BCUT2D eigenvalue weighted by atomic mass is 16.2. The molecule has 0 aromatic heterocycles. The van der Waals surface area contributed by atoms with E-state index >= 15 is 0 Å². The number of amides is 2. The van der Waals surface area contributed by atoms with Crippen LogP contribution in [0, 0.1) is 11.3 Å². The Labute approximate surface area is 123 Å². The molecule has 0 bridgehead atoms. The van der Waals surface area contributed by atoms with Crippen LogP contribution in [0.5, 0.6) is 0 Å². The summed E-state index contributed by atoms with van der Waals surface area (Å²) in [6, 6.07) is -0.464. The Morgan fingerprint density at radius 1 is 1.20 bits per heavy atom. The summed E-state index contributed by atoms with van der Waals surface area (Å²) < 4.78 is 0. The molecule has 2 atom stereocenters. The number of likely N-dealkylation sites (N-methyl/N-ethyl adjacent to an activating group) is 1. The number of carbonyl (C=O) groups is 2. The van der Waals surface area contributed by atoms with E-state index in [4.69, 9.17) is 0 Å². The molecule has 2 N–H and O–H groups in total. The summed E-state index contributed by atoms with van der Waals surface area (Å²) >= 11 is 0. The van der Waals surface area contributed by atoms with E-state index in [1.165, 1.54) is 0 Å². The Bertz CT molecular complexity index is 322. The van der Waals surface area contributed by atoms with Crippen molar-refractivity contribution in [2.24, 2.45) is 11.3 Å². The van der Waals surface area contributed by atoms with Gasteiger partial charge < -0.3 is 15.5 Å². The van der Waals surface area contributed by atoms with Crippen LogP contribution >= 0.6 is 0 Å². The average molecular weight is 285 g/mol. The summed E-state index contributed by atoms with van der Waals surface area (Å²) in [4.78, 5) is 26.3. The van der Waals surface area contributed by atoms with Gasteiger partial charge in [-0.3, -0.25) is 9.59 Å². The molecule has 0 aliphatic rings. The smallest absolute Gasteiger partial charge is 0.242 e. The monoisotopic (exact) mass is 285 g/mol. The van der Waals surface area contributed by atoms with Gasteiger partial charge in [-0.1, -0.05) is 41.0 Å². The number of rotatable bonds is 7. The molecule has 0 heterocycles. The third-order valence-electron chi connectivity index (χ3n) is 3.32. The molecule has 0 aliphatic carbocycles. The Hall–Kier alpha value is -1.10. The van der Waals surface area contributed by atoms with Crippen molar-refractivity contribution in [3.8, 4) is 0 Å². The van der Waals surface area contributed by atoms with Crippen molar-refractivity contribution in [3.63, 3.8) is 0 Å². The first-order valence-corrected chi connectivity index (χ1v) is 7.33. The Morgan fingerprint density at radius 2 is 1.75 bits per heavy atom. The summed E-state index contributed by atoms with van der Waals surface area (Å²) in [5.74, 6) is -0.0787. The maximum atomic E-state index is 12.2. The predicted octanol–water partition coefficient (Wildman–Crippen LogP) is 1.24. The van der Waals surface area contributed by atoms with Crippen molar-refractivity contribution in [2.45, 2.75) is 47.1 Å². The fourth-order valence-electron chi connectivity index (χ4n) is 1.57. The maximum Gasteiger partial charge on any atom is 0.242 e. The Kier molecular flexibility index (Phi) is 7.79. The van der Waals surface area contributed by atoms with E-state index in [1.54, 1.807) is 0 Å². The van der Waals surface area contributed by atoms with E-state index in [0.29, 0.717) is 6.54 Å². The van der Waals surface area contributed by atoms with Crippen LogP contribution < -0.4 is 10.6 Å². The molecule has 0 fully saturated rings. The van der Waals surface area contributed by atoms with Gasteiger partial charge >= 0.3 is 0 Å². The van der Waals surface area contributed by atoms with Crippen LogP contribution in [0.15, 0.2) is 0 Å². The summed E-state index contributed by atoms with van der Waals surface area (Å²) in [5.41, 5.74) is -0.490. The molecule has 0 aromatic rings. The van der Waals surface area contributed by atoms with E-state index < -0.39 is 11.5 Å². The quantitative estimate of drug-likeness (QED) is 0.740. The number of carbonyl (C=O) groups excluding carboxylic acids is 2. The Morgan fingerprint density at radius 3 is 2.15 bits per heavy atom. The lowest BCUT2D eigenvalue weighted by atomic mass is 9.92. The highest BCUT2D eigenvalue weighted by molar-refractivity contribution is 5.89. The minimum atomic E-state index is -0.490. The van der Waals surface area contributed by atoms with E-state index in [2.05, 4.69) is 10.6 Å². The number of nitrogens with zero attached hydrogens (tertiary/aromatic N) is 1. The molecule has 20 heavy (non-hydrogen) atoms. The van der Waals surface area contributed by atoms with Crippen LogP contribution in [0.2, 0.25) is 0 Å². The molecule has 0 saturated heterocycles. The van der Waals surface area contributed by atoms with E-state index in [1.807, 2.05) is 53.6 Å². The largest absolute Gasteiger partial charge is 0.353 e. The van der Waals surface area contributed by atoms with E-state index in [0.717, 1.165) is 13.0 Å². The first-order chi connectivity index (χ1) is 9.09. The van der Waals surface area contributed by atoms with Gasteiger partial charge in [-0.05, 0) is 20.0 Å². The highest BCUT2D eigenvalue weighted by Gasteiger charge is 2.30. The summed E-state index contributed by atoms with van der Waals surface area (Å²) in [6.07, 6.45) is 0.843. The standard InChI is InChI=1S/C15H31N3O2/c1-8-11(2)12(17-14(20)15(3,4)5)13(19)16-9-10-18(6)7/h11-12H,8-10H2,1-7H3,(H,16,19)(H,17,20). The fourth-order valence-corrected chi connectivity index (χ4v) is 1.57. The zero-order valence-corrected chi connectivity index (χ0v) is 14.0. The number of nitrogens with one attached hydrogen (secondary N) is 2. The van der Waals surface area contributed by atoms with Gasteiger partial charge in [0.05, 0.1) is 0 Å². The van der Waals surface area contributed by atoms with Gasteiger partial charge in [0.1, 0.15) is 6.04 Å². The molecule has 5 heteroatoms. The van der Waals surface area contributed by atoms with Crippen LogP contribution in [-0.4, -0.2) is 49.9 Å². The lowest BCUT2D eigenvalue weighted by molar-refractivity contribution is -0.134. The second-order valence-electron chi connectivity index (χ2n) is 6.68. The third-order valence-corrected chi connectivity index (χ3v) is 3.32.